The van der Waals surface area contributed by atoms with Crippen molar-refractivity contribution in [3.05, 3.63) is 50.0 Å². The third-order valence-corrected chi connectivity index (χ3v) is 3.18. The molecule has 0 bridgehead atoms. The van der Waals surface area contributed by atoms with Crippen LogP contribution in [0.25, 0.3) is 0 Å². The van der Waals surface area contributed by atoms with Gasteiger partial charge >= 0.3 is 0 Å². The number of aromatic nitrogens is 1. The molecule has 1 aromatic heterocycles. The van der Waals surface area contributed by atoms with Gasteiger partial charge in [-0.1, -0.05) is 34.8 Å². The zero-order valence-electron chi connectivity index (χ0n) is 8.35. The summed E-state index contributed by atoms with van der Waals surface area (Å²) in [5.41, 5.74) is 0.762. The van der Waals surface area contributed by atoms with Gasteiger partial charge in [0.25, 0.3) is 0 Å². The van der Waals surface area contributed by atoms with Gasteiger partial charge in [0.2, 0.25) is 0 Å². The topological polar surface area (TPSA) is 24.9 Å². The summed E-state index contributed by atoms with van der Waals surface area (Å²) in [4.78, 5) is 4.16. The Morgan fingerprint density at radius 2 is 1.59 bits per heavy atom. The monoisotopic (exact) mass is 350 g/mol. The van der Waals surface area contributed by atoms with Crippen LogP contribution in [0.1, 0.15) is 0 Å². The first-order valence-electron chi connectivity index (χ1n) is 4.59. The number of nitrogens with one attached hydrogen (secondary N) is 1. The molecule has 17 heavy (non-hydrogen) atoms. The van der Waals surface area contributed by atoms with Crippen LogP contribution in [0.4, 0.5) is 11.5 Å². The summed E-state index contributed by atoms with van der Waals surface area (Å²) in [6.45, 7) is 0. The largest absolute Gasteiger partial charge is 0.339 e. The SMILES string of the molecule is Clc1cc(Cl)cc(Nc2ncc(Cl)cc2Br)c1. The standard InChI is InChI=1S/C11H6BrCl3N2/c12-10-4-8(15)5-16-11(10)17-9-2-6(13)1-7(14)3-9/h1-5H,(H,16,17). The normalized spacial score (nSPS) is 10.4. The molecule has 2 nitrogen and oxygen atoms in total. The molecule has 88 valence electrons. The van der Waals surface area contributed by atoms with E-state index < -0.39 is 0 Å². The maximum Gasteiger partial charge on any atom is 0.144 e. The minimum Gasteiger partial charge on any atom is -0.339 e. The molecule has 0 amide bonds. The second-order valence-corrected chi connectivity index (χ2v) is 5.43. The van der Waals surface area contributed by atoms with E-state index >= 15 is 0 Å². The molecule has 1 aromatic carbocycles. The third-order valence-electron chi connectivity index (χ3n) is 1.93. The van der Waals surface area contributed by atoms with Crippen LogP contribution in [-0.2, 0) is 0 Å². The predicted molar refractivity (Wildman–Crippen MR) is 76.7 cm³/mol. The van der Waals surface area contributed by atoms with Crippen molar-refractivity contribution in [1.82, 2.24) is 4.98 Å². The summed E-state index contributed by atoms with van der Waals surface area (Å²) in [7, 11) is 0. The molecule has 2 aromatic rings. The van der Waals surface area contributed by atoms with Crippen molar-refractivity contribution in [2.24, 2.45) is 0 Å². The van der Waals surface area contributed by atoms with E-state index in [0.717, 1.165) is 10.2 Å². The molecule has 0 atom stereocenters. The Balaban J connectivity index is 2.31. The molecule has 0 spiro atoms. The van der Waals surface area contributed by atoms with Gasteiger partial charge in [-0.3, -0.25) is 0 Å². The molecule has 0 unspecified atom stereocenters. The average molecular weight is 352 g/mol. The van der Waals surface area contributed by atoms with E-state index in [-0.39, 0.29) is 0 Å². The zero-order valence-corrected chi connectivity index (χ0v) is 12.2. The van der Waals surface area contributed by atoms with E-state index in [1.807, 2.05) is 0 Å². The lowest BCUT2D eigenvalue weighted by Crippen LogP contribution is -1.94. The van der Waals surface area contributed by atoms with E-state index in [0.29, 0.717) is 20.9 Å². The molecule has 0 fully saturated rings. The lowest BCUT2D eigenvalue weighted by Gasteiger charge is -2.08. The molecule has 0 aliphatic heterocycles. The fourth-order valence-electron chi connectivity index (χ4n) is 1.27. The van der Waals surface area contributed by atoms with Crippen LogP contribution in [0.5, 0.6) is 0 Å². The molecular weight excluding hydrogens is 346 g/mol. The summed E-state index contributed by atoms with van der Waals surface area (Å²) < 4.78 is 0.765. The number of nitrogens with zero attached hydrogens (tertiary/aromatic N) is 1. The summed E-state index contributed by atoms with van der Waals surface area (Å²) in [5, 5.41) is 4.78. The van der Waals surface area contributed by atoms with Gasteiger partial charge in [-0.15, -0.1) is 0 Å². The van der Waals surface area contributed by atoms with E-state index in [4.69, 9.17) is 34.8 Å². The molecule has 6 heteroatoms. The van der Waals surface area contributed by atoms with Crippen LogP contribution < -0.4 is 5.32 Å². The van der Waals surface area contributed by atoms with Gasteiger partial charge in [0.1, 0.15) is 5.82 Å². The highest BCUT2D eigenvalue weighted by molar-refractivity contribution is 9.10. The summed E-state index contributed by atoms with van der Waals surface area (Å²) >= 11 is 21.0. The smallest absolute Gasteiger partial charge is 0.144 e. The van der Waals surface area contributed by atoms with Gasteiger partial charge < -0.3 is 5.32 Å². The van der Waals surface area contributed by atoms with Crippen molar-refractivity contribution in [3.63, 3.8) is 0 Å². The number of hydrogen-bond acceptors (Lipinski definition) is 2. The van der Waals surface area contributed by atoms with Crippen LogP contribution in [-0.4, -0.2) is 4.98 Å². The maximum absolute atomic E-state index is 5.90. The highest BCUT2D eigenvalue weighted by atomic mass is 79.9. The number of pyridine rings is 1. The van der Waals surface area contributed by atoms with Gasteiger partial charge in [-0.25, -0.2) is 4.98 Å². The highest BCUT2D eigenvalue weighted by Gasteiger charge is 2.04. The van der Waals surface area contributed by atoms with Crippen LogP contribution in [0, 0.1) is 0 Å². The Labute approximate surface area is 122 Å². The zero-order chi connectivity index (χ0) is 12.4. The number of hydrogen-bond donors (Lipinski definition) is 1. The number of benzene rings is 1. The van der Waals surface area contributed by atoms with Crippen LogP contribution >= 0.6 is 50.7 Å². The van der Waals surface area contributed by atoms with Crippen molar-refractivity contribution in [2.75, 3.05) is 5.32 Å². The molecule has 1 N–H and O–H groups in total. The first-order valence-corrected chi connectivity index (χ1v) is 6.51. The lowest BCUT2D eigenvalue weighted by atomic mass is 10.3. The van der Waals surface area contributed by atoms with Gasteiger partial charge in [-0.05, 0) is 40.2 Å². The second kappa shape index (κ2) is 5.44. The lowest BCUT2D eigenvalue weighted by molar-refractivity contribution is 1.29. The van der Waals surface area contributed by atoms with Crippen LogP contribution in [0.15, 0.2) is 34.9 Å². The second-order valence-electron chi connectivity index (χ2n) is 3.27. The van der Waals surface area contributed by atoms with E-state index in [1.165, 1.54) is 0 Å². The molecule has 0 saturated carbocycles. The molecule has 0 saturated heterocycles. The van der Waals surface area contributed by atoms with E-state index in [9.17, 15) is 0 Å². The van der Waals surface area contributed by atoms with Gasteiger partial charge in [0, 0.05) is 21.9 Å². The third kappa shape index (κ3) is 3.49. The minimum absolute atomic E-state index is 0.560. The van der Waals surface area contributed by atoms with Gasteiger partial charge in [0.05, 0.1) is 9.50 Å². The molecular formula is C11H6BrCl3N2. The fourth-order valence-corrected chi connectivity index (χ4v) is 2.53. The number of rotatable bonds is 2. The maximum atomic E-state index is 5.90. The van der Waals surface area contributed by atoms with Crippen LogP contribution in [0.2, 0.25) is 15.1 Å². The average Bonchev–Trinajstić information content (AvgIpc) is 2.21. The summed E-state index contributed by atoms with van der Waals surface area (Å²) in [6.07, 6.45) is 1.56. The van der Waals surface area contributed by atoms with Gasteiger partial charge in [0.15, 0.2) is 0 Å². The van der Waals surface area contributed by atoms with Crippen molar-refractivity contribution in [3.8, 4) is 0 Å². The minimum atomic E-state index is 0.560. The summed E-state index contributed by atoms with van der Waals surface area (Å²) in [6, 6.07) is 6.94. The van der Waals surface area contributed by atoms with E-state index in [2.05, 4.69) is 26.2 Å². The molecule has 2 rings (SSSR count). The van der Waals surface area contributed by atoms with Crippen molar-refractivity contribution < 1.29 is 0 Å². The Hall–Kier alpha value is -0.480. The quantitative estimate of drug-likeness (QED) is 0.767. The Morgan fingerprint density at radius 1 is 0.941 bits per heavy atom. The number of anilines is 2. The Kier molecular flexibility index (Phi) is 4.15. The van der Waals surface area contributed by atoms with Crippen LogP contribution in [0.3, 0.4) is 0 Å². The fraction of sp³-hybridized carbons (Fsp3) is 0. The van der Waals surface area contributed by atoms with Gasteiger partial charge in [-0.2, -0.15) is 0 Å². The van der Waals surface area contributed by atoms with Crippen molar-refractivity contribution in [2.45, 2.75) is 0 Å². The molecule has 1 heterocycles. The predicted octanol–water partition coefficient (Wildman–Crippen LogP) is 5.55. The summed E-state index contributed by atoms with van der Waals surface area (Å²) in [5.74, 6) is 0.646. The van der Waals surface area contributed by atoms with Crippen molar-refractivity contribution in [1.29, 1.82) is 0 Å². The van der Waals surface area contributed by atoms with E-state index in [1.54, 1.807) is 30.5 Å². The first kappa shape index (κ1) is 13.0. The first-order chi connectivity index (χ1) is 8.04. The molecule has 0 aliphatic carbocycles. The Bertz CT molecular complexity index is 540. The Morgan fingerprint density at radius 3 is 2.18 bits per heavy atom. The molecule has 0 radical (unpaired) electrons. The highest BCUT2D eigenvalue weighted by Crippen LogP contribution is 2.29. The number of halogens is 4. The molecule has 0 aliphatic rings. The van der Waals surface area contributed by atoms with Crippen molar-refractivity contribution >= 4 is 62.2 Å².